The van der Waals surface area contributed by atoms with Gasteiger partial charge in [0.15, 0.2) is 0 Å². The maximum atomic E-state index is 12.1. The van der Waals surface area contributed by atoms with Crippen molar-refractivity contribution in [1.82, 2.24) is 15.0 Å². The van der Waals surface area contributed by atoms with Crippen molar-refractivity contribution < 1.29 is 4.79 Å². The van der Waals surface area contributed by atoms with Gasteiger partial charge in [0.05, 0.1) is 17.2 Å². The summed E-state index contributed by atoms with van der Waals surface area (Å²) in [5.41, 5.74) is 6.51. The third-order valence-electron chi connectivity index (χ3n) is 3.59. The van der Waals surface area contributed by atoms with Crippen LogP contribution < -0.4 is 5.43 Å². The second kappa shape index (κ2) is 6.44. The van der Waals surface area contributed by atoms with E-state index in [2.05, 4.69) is 15.5 Å². The van der Waals surface area contributed by atoms with Crippen molar-refractivity contribution >= 4 is 23.2 Å². The molecule has 0 saturated carbocycles. The molecular weight excluding hydrogens is 288 g/mol. The molecule has 116 valence electrons. The van der Waals surface area contributed by atoms with E-state index in [4.69, 9.17) is 0 Å². The summed E-state index contributed by atoms with van der Waals surface area (Å²) < 4.78 is 1.88. The molecule has 3 rings (SSSR count). The maximum Gasteiger partial charge on any atom is 0.260 e. The van der Waals surface area contributed by atoms with Crippen molar-refractivity contribution in [3.05, 3.63) is 65.5 Å². The molecule has 0 aliphatic heterocycles. The lowest BCUT2D eigenvalue weighted by Gasteiger charge is -2.05. The first kappa shape index (κ1) is 15.0. The van der Waals surface area contributed by atoms with Crippen LogP contribution in [0.4, 0.5) is 0 Å². The first-order valence-corrected chi connectivity index (χ1v) is 7.44. The number of carbonyl (C=O) groups is 1. The zero-order valence-corrected chi connectivity index (χ0v) is 13.2. The van der Waals surface area contributed by atoms with Crippen LogP contribution in [-0.4, -0.2) is 21.7 Å². The molecule has 5 nitrogen and oxygen atoms in total. The molecule has 2 aromatic carbocycles. The lowest BCUT2D eigenvalue weighted by Crippen LogP contribution is -2.23. The van der Waals surface area contributed by atoms with Crippen LogP contribution in [0.2, 0.25) is 0 Å². The van der Waals surface area contributed by atoms with Crippen molar-refractivity contribution in [2.75, 3.05) is 0 Å². The molecule has 1 heterocycles. The predicted octanol–water partition coefficient (Wildman–Crippen LogP) is 2.80. The van der Waals surface area contributed by atoms with Crippen molar-refractivity contribution in [1.29, 1.82) is 0 Å². The van der Waals surface area contributed by atoms with Gasteiger partial charge in [-0.25, -0.2) is 10.4 Å². The molecule has 0 aliphatic rings. The number of fused-ring (bicyclic) bond motifs is 1. The highest BCUT2D eigenvalue weighted by atomic mass is 16.2. The Labute approximate surface area is 134 Å². The molecule has 0 saturated heterocycles. The SMILES string of the molecule is Cc1cccc(/C=N\NC(=O)Cn2c(C)nc3ccccc32)c1. The summed E-state index contributed by atoms with van der Waals surface area (Å²) >= 11 is 0. The maximum absolute atomic E-state index is 12.1. The molecule has 0 aliphatic carbocycles. The number of hydrogen-bond donors (Lipinski definition) is 1. The highest BCUT2D eigenvalue weighted by Crippen LogP contribution is 2.14. The number of carbonyl (C=O) groups excluding carboxylic acids is 1. The Bertz CT molecular complexity index is 880. The topological polar surface area (TPSA) is 59.3 Å². The molecular formula is C18H18N4O. The van der Waals surface area contributed by atoms with Crippen molar-refractivity contribution in [3.8, 4) is 0 Å². The number of amides is 1. The summed E-state index contributed by atoms with van der Waals surface area (Å²) in [6.07, 6.45) is 1.64. The zero-order valence-electron chi connectivity index (χ0n) is 13.2. The van der Waals surface area contributed by atoms with Gasteiger partial charge in [0.2, 0.25) is 0 Å². The van der Waals surface area contributed by atoms with Crippen LogP contribution in [0, 0.1) is 13.8 Å². The van der Waals surface area contributed by atoms with E-state index in [9.17, 15) is 4.79 Å². The van der Waals surface area contributed by atoms with Crippen molar-refractivity contribution in [2.45, 2.75) is 20.4 Å². The van der Waals surface area contributed by atoms with Gasteiger partial charge in [0, 0.05) is 0 Å². The Morgan fingerprint density at radius 2 is 2.04 bits per heavy atom. The number of nitrogens with zero attached hydrogens (tertiary/aromatic N) is 3. The van der Waals surface area contributed by atoms with Gasteiger partial charge in [-0.1, -0.05) is 42.0 Å². The van der Waals surface area contributed by atoms with E-state index in [-0.39, 0.29) is 12.5 Å². The van der Waals surface area contributed by atoms with Gasteiger partial charge in [-0.05, 0) is 31.5 Å². The average Bonchev–Trinajstić information content (AvgIpc) is 2.83. The molecule has 1 aromatic heterocycles. The molecule has 0 fully saturated rings. The lowest BCUT2D eigenvalue weighted by atomic mass is 10.2. The highest BCUT2D eigenvalue weighted by molar-refractivity contribution is 5.84. The third-order valence-corrected chi connectivity index (χ3v) is 3.59. The Hall–Kier alpha value is -2.95. The van der Waals surface area contributed by atoms with Crippen LogP contribution in [0.15, 0.2) is 53.6 Å². The first-order chi connectivity index (χ1) is 11.1. The van der Waals surface area contributed by atoms with E-state index in [0.29, 0.717) is 0 Å². The van der Waals surface area contributed by atoms with Gasteiger partial charge in [-0.15, -0.1) is 0 Å². The van der Waals surface area contributed by atoms with Crippen LogP contribution >= 0.6 is 0 Å². The molecule has 3 aromatic rings. The molecule has 0 radical (unpaired) electrons. The first-order valence-electron chi connectivity index (χ1n) is 7.44. The fourth-order valence-corrected chi connectivity index (χ4v) is 2.50. The summed E-state index contributed by atoms with van der Waals surface area (Å²) in [6.45, 7) is 4.10. The summed E-state index contributed by atoms with van der Waals surface area (Å²) in [5, 5.41) is 4.01. The predicted molar refractivity (Wildman–Crippen MR) is 91.4 cm³/mol. The number of hydrogen-bond acceptors (Lipinski definition) is 3. The number of imidazole rings is 1. The molecule has 5 heteroatoms. The van der Waals surface area contributed by atoms with Crippen molar-refractivity contribution in [2.24, 2.45) is 5.10 Å². The summed E-state index contributed by atoms with van der Waals surface area (Å²) in [6, 6.07) is 15.7. The fraction of sp³-hybridized carbons (Fsp3) is 0.167. The fourth-order valence-electron chi connectivity index (χ4n) is 2.50. The highest BCUT2D eigenvalue weighted by Gasteiger charge is 2.09. The smallest absolute Gasteiger partial charge is 0.260 e. The van der Waals surface area contributed by atoms with E-state index in [0.717, 1.165) is 28.0 Å². The number of aromatic nitrogens is 2. The Morgan fingerprint density at radius 3 is 2.87 bits per heavy atom. The second-order valence-corrected chi connectivity index (χ2v) is 5.44. The van der Waals surface area contributed by atoms with Gasteiger partial charge in [-0.3, -0.25) is 4.79 Å². The van der Waals surface area contributed by atoms with Gasteiger partial charge >= 0.3 is 0 Å². The minimum Gasteiger partial charge on any atom is -0.319 e. The van der Waals surface area contributed by atoms with E-state index in [1.807, 2.05) is 66.9 Å². The Balaban J connectivity index is 1.68. The number of rotatable bonds is 4. The van der Waals surface area contributed by atoms with E-state index in [1.165, 1.54) is 0 Å². The van der Waals surface area contributed by atoms with Crippen LogP contribution in [-0.2, 0) is 11.3 Å². The van der Waals surface area contributed by atoms with E-state index >= 15 is 0 Å². The molecule has 1 amide bonds. The molecule has 0 unspecified atom stereocenters. The summed E-state index contributed by atoms with van der Waals surface area (Å²) in [7, 11) is 0. The Morgan fingerprint density at radius 1 is 1.22 bits per heavy atom. The van der Waals surface area contributed by atoms with Gasteiger partial charge in [0.25, 0.3) is 5.91 Å². The molecule has 0 bridgehead atoms. The average molecular weight is 306 g/mol. The van der Waals surface area contributed by atoms with Crippen LogP contribution in [0.25, 0.3) is 11.0 Å². The minimum atomic E-state index is -0.180. The summed E-state index contributed by atoms with van der Waals surface area (Å²) in [4.78, 5) is 16.5. The molecule has 1 N–H and O–H groups in total. The Kier molecular flexibility index (Phi) is 4.19. The minimum absolute atomic E-state index is 0.180. The molecule has 23 heavy (non-hydrogen) atoms. The number of aryl methyl sites for hydroxylation is 2. The quantitative estimate of drug-likeness (QED) is 0.595. The largest absolute Gasteiger partial charge is 0.319 e. The van der Waals surface area contributed by atoms with Crippen LogP contribution in [0.1, 0.15) is 17.0 Å². The van der Waals surface area contributed by atoms with Crippen LogP contribution in [0.5, 0.6) is 0 Å². The standard InChI is InChI=1S/C18H18N4O/c1-13-6-5-7-15(10-13)11-19-21-18(23)12-22-14(2)20-16-8-3-4-9-17(16)22/h3-11H,12H2,1-2H3,(H,21,23)/b19-11-. The molecule has 0 spiro atoms. The van der Waals surface area contributed by atoms with E-state index in [1.54, 1.807) is 6.21 Å². The summed E-state index contributed by atoms with van der Waals surface area (Å²) in [5.74, 6) is 0.629. The second-order valence-electron chi connectivity index (χ2n) is 5.44. The number of para-hydroxylation sites is 2. The van der Waals surface area contributed by atoms with Crippen LogP contribution in [0.3, 0.4) is 0 Å². The van der Waals surface area contributed by atoms with E-state index < -0.39 is 0 Å². The lowest BCUT2D eigenvalue weighted by molar-refractivity contribution is -0.121. The van der Waals surface area contributed by atoms with Gasteiger partial charge in [0.1, 0.15) is 12.4 Å². The monoisotopic (exact) mass is 306 g/mol. The number of benzene rings is 2. The number of nitrogens with one attached hydrogen (secondary N) is 1. The van der Waals surface area contributed by atoms with Gasteiger partial charge < -0.3 is 4.57 Å². The normalized spacial score (nSPS) is 11.2. The third kappa shape index (κ3) is 3.45. The van der Waals surface area contributed by atoms with Crippen molar-refractivity contribution in [3.63, 3.8) is 0 Å². The van der Waals surface area contributed by atoms with Gasteiger partial charge in [-0.2, -0.15) is 5.10 Å². The molecule has 0 atom stereocenters. The number of hydrazone groups is 1. The zero-order chi connectivity index (χ0) is 16.2.